The lowest BCUT2D eigenvalue weighted by molar-refractivity contribution is 0.468. The van der Waals surface area contributed by atoms with Crippen LogP contribution < -0.4 is 10.6 Å². The molecular formula is C12H24N4O. The molecule has 1 aromatic heterocycles. The van der Waals surface area contributed by atoms with Crippen LogP contribution in [0.25, 0.3) is 0 Å². The molecule has 98 valence electrons. The Hall–Kier alpha value is -1.10. The van der Waals surface area contributed by atoms with Crippen LogP contribution in [0.3, 0.4) is 0 Å². The molecule has 0 fully saturated rings. The van der Waals surface area contributed by atoms with E-state index in [-0.39, 0.29) is 0 Å². The van der Waals surface area contributed by atoms with Gasteiger partial charge in [0.2, 0.25) is 5.89 Å². The molecule has 1 heterocycles. The average molecular weight is 240 g/mol. The highest BCUT2D eigenvalue weighted by Gasteiger charge is 2.10. The van der Waals surface area contributed by atoms with Gasteiger partial charge in [0, 0.05) is 6.04 Å². The highest BCUT2D eigenvalue weighted by molar-refractivity contribution is 5.19. The molecule has 5 heteroatoms. The van der Waals surface area contributed by atoms with Crippen LogP contribution in [0.4, 0.5) is 6.01 Å². The molecule has 0 amide bonds. The van der Waals surface area contributed by atoms with Crippen molar-refractivity contribution in [2.45, 2.75) is 59.0 Å². The van der Waals surface area contributed by atoms with Crippen LogP contribution in [0.15, 0.2) is 4.42 Å². The minimum absolute atomic E-state index is 0.428. The molecule has 2 N–H and O–H groups in total. The molecule has 0 saturated carbocycles. The number of aromatic nitrogens is 2. The van der Waals surface area contributed by atoms with E-state index in [1.54, 1.807) is 0 Å². The lowest BCUT2D eigenvalue weighted by Crippen LogP contribution is -2.18. The van der Waals surface area contributed by atoms with E-state index in [4.69, 9.17) is 4.42 Å². The summed E-state index contributed by atoms with van der Waals surface area (Å²) in [6, 6.07) is 0.968. The van der Waals surface area contributed by atoms with Gasteiger partial charge in [0.25, 0.3) is 0 Å². The van der Waals surface area contributed by atoms with Crippen LogP contribution in [-0.4, -0.2) is 22.8 Å². The Kier molecular flexibility index (Phi) is 6.62. The molecule has 5 nitrogen and oxygen atoms in total. The normalized spacial score (nSPS) is 12.6. The smallest absolute Gasteiger partial charge is 0.315 e. The zero-order valence-corrected chi connectivity index (χ0v) is 11.1. The van der Waals surface area contributed by atoms with Crippen molar-refractivity contribution in [3.05, 3.63) is 5.89 Å². The van der Waals surface area contributed by atoms with Gasteiger partial charge < -0.3 is 15.1 Å². The van der Waals surface area contributed by atoms with E-state index in [9.17, 15) is 0 Å². The van der Waals surface area contributed by atoms with E-state index in [0.29, 0.717) is 24.5 Å². The zero-order valence-electron chi connectivity index (χ0n) is 11.1. The van der Waals surface area contributed by atoms with Gasteiger partial charge in [-0.2, -0.15) is 0 Å². The topological polar surface area (TPSA) is 63.0 Å². The highest BCUT2D eigenvalue weighted by atomic mass is 16.4. The van der Waals surface area contributed by atoms with Crippen molar-refractivity contribution in [1.29, 1.82) is 0 Å². The minimum atomic E-state index is 0.428. The molecule has 17 heavy (non-hydrogen) atoms. The first-order valence-corrected chi connectivity index (χ1v) is 6.59. The maximum atomic E-state index is 5.51. The van der Waals surface area contributed by atoms with Crippen molar-refractivity contribution in [2.24, 2.45) is 0 Å². The summed E-state index contributed by atoms with van der Waals surface area (Å²) >= 11 is 0. The molecule has 0 aliphatic heterocycles. The summed E-state index contributed by atoms with van der Waals surface area (Å²) < 4.78 is 5.51. The Balaban J connectivity index is 2.38. The number of anilines is 1. The van der Waals surface area contributed by atoms with Crippen molar-refractivity contribution in [2.75, 3.05) is 11.9 Å². The summed E-state index contributed by atoms with van der Waals surface area (Å²) in [5.74, 6) is 0.646. The first-order chi connectivity index (χ1) is 8.30. The lowest BCUT2D eigenvalue weighted by Gasteiger charge is -2.13. The lowest BCUT2D eigenvalue weighted by atomic mass is 10.1. The molecule has 1 aromatic rings. The van der Waals surface area contributed by atoms with Crippen LogP contribution in [0.2, 0.25) is 0 Å². The van der Waals surface area contributed by atoms with Gasteiger partial charge in [0.05, 0.1) is 6.54 Å². The largest absolute Gasteiger partial charge is 0.407 e. The van der Waals surface area contributed by atoms with Crippen LogP contribution in [0.5, 0.6) is 0 Å². The second-order valence-corrected chi connectivity index (χ2v) is 4.22. The van der Waals surface area contributed by atoms with Crippen LogP contribution in [0, 0.1) is 0 Å². The maximum absolute atomic E-state index is 5.51. The van der Waals surface area contributed by atoms with Gasteiger partial charge in [-0.1, -0.05) is 32.3 Å². The monoisotopic (exact) mass is 240 g/mol. The number of hydrogen-bond acceptors (Lipinski definition) is 5. The van der Waals surface area contributed by atoms with Gasteiger partial charge in [-0.15, -0.1) is 5.10 Å². The van der Waals surface area contributed by atoms with Gasteiger partial charge in [0.15, 0.2) is 0 Å². The first-order valence-electron chi connectivity index (χ1n) is 6.59. The standard InChI is InChI=1S/C12H24N4O/c1-4-7-10(6-3)14-12-16-15-11(17-12)9-13-8-5-2/h10,13H,4-9H2,1-3H3,(H,14,16). The summed E-state index contributed by atoms with van der Waals surface area (Å²) in [5.41, 5.74) is 0. The van der Waals surface area contributed by atoms with E-state index >= 15 is 0 Å². The van der Waals surface area contributed by atoms with E-state index in [1.165, 1.54) is 0 Å². The molecule has 0 radical (unpaired) electrons. The van der Waals surface area contributed by atoms with Gasteiger partial charge in [0.1, 0.15) is 0 Å². The third kappa shape index (κ3) is 5.17. The molecular weight excluding hydrogens is 216 g/mol. The number of nitrogens with zero attached hydrogens (tertiary/aromatic N) is 2. The SMILES string of the molecule is CCCNCc1nnc(NC(CC)CCC)o1. The van der Waals surface area contributed by atoms with Gasteiger partial charge in [-0.3, -0.25) is 0 Å². The molecule has 1 rings (SSSR count). The second-order valence-electron chi connectivity index (χ2n) is 4.22. The summed E-state index contributed by atoms with van der Waals surface area (Å²) in [6.45, 7) is 8.09. The molecule has 0 bridgehead atoms. The molecule has 0 spiro atoms. The first kappa shape index (κ1) is 14.0. The zero-order chi connectivity index (χ0) is 12.5. The number of hydrogen-bond donors (Lipinski definition) is 2. The van der Waals surface area contributed by atoms with Crippen molar-refractivity contribution < 1.29 is 4.42 Å². The fourth-order valence-corrected chi connectivity index (χ4v) is 1.66. The predicted molar refractivity (Wildman–Crippen MR) is 68.9 cm³/mol. The summed E-state index contributed by atoms with van der Waals surface area (Å²) in [7, 11) is 0. The molecule has 1 unspecified atom stereocenters. The summed E-state index contributed by atoms with van der Waals surface area (Å²) in [6.07, 6.45) is 4.46. The molecule has 1 atom stereocenters. The van der Waals surface area contributed by atoms with Crippen molar-refractivity contribution in [3.63, 3.8) is 0 Å². The Morgan fingerprint density at radius 1 is 1.18 bits per heavy atom. The van der Waals surface area contributed by atoms with Crippen molar-refractivity contribution in [3.8, 4) is 0 Å². The fraction of sp³-hybridized carbons (Fsp3) is 0.833. The molecule has 0 aliphatic rings. The quantitative estimate of drug-likeness (QED) is 0.649. The van der Waals surface area contributed by atoms with Crippen molar-refractivity contribution >= 4 is 6.01 Å². The van der Waals surface area contributed by atoms with Gasteiger partial charge in [-0.25, -0.2) is 0 Å². The van der Waals surface area contributed by atoms with Gasteiger partial charge >= 0.3 is 6.01 Å². The second kappa shape index (κ2) is 8.06. The van der Waals surface area contributed by atoms with Gasteiger partial charge in [-0.05, 0) is 25.8 Å². The maximum Gasteiger partial charge on any atom is 0.315 e. The third-order valence-corrected chi connectivity index (χ3v) is 2.63. The number of rotatable bonds is 9. The Morgan fingerprint density at radius 2 is 2.00 bits per heavy atom. The third-order valence-electron chi connectivity index (χ3n) is 2.63. The van der Waals surface area contributed by atoms with E-state index in [2.05, 4.69) is 41.6 Å². The Labute approximate surface area is 103 Å². The van der Waals surface area contributed by atoms with Crippen LogP contribution >= 0.6 is 0 Å². The van der Waals surface area contributed by atoms with Crippen LogP contribution in [-0.2, 0) is 6.54 Å². The van der Waals surface area contributed by atoms with Crippen molar-refractivity contribution in [1.82, 2.24) is 15.5 Å². The summed E-state index contributed by atoms with van der Waals surface area (Å²) in [5, 5.41) is 14.5. The Morgan fingerprint density at radius 3 is 2.65 bits per heavy atom. The molecule has 0 aromatic carbocycles. The fourth-order valence-electron chi connectivity index (χ4n) is 1.66. The van der Waals surface area contributed by atoms with E-state index < -0.39 is 0 Å². The average Bonchev–Trinajstić information content (AvgIpc) is 2.77. The van der Waals surface area contributed by atoms with E-state index in [1.807, 2.05) is 0 Å². The minimum Gasteiger partial charge on any atom is -0.407 e. The number of nitrogens with one attached hydrogen (secondary N) is 2. The van der Waals surface area contributed by atoms with Crippen LogP contribution in [0.1, 0.15) is 52.3 Å². The molecule has 0 aliphatic carbocycles. The summed E-state index contributed by atoms with van der Waals surface area (Å²) in [4.78, 5) is 0. The van der Waals surface area contributed by atoms with E-state index in [0.717, 1.165) is 32.2 Å². The molecule has 0 saturated heterocycles. The predicted octanol–water partition coefficient (Wildman–Crippen LogP) is 2.56. The highest BCUT2D eigenvalue weighted by Crippen LogP contribution is 2.11. The Bertz CT molecular complexity index is 300.